The summed E-state index contributed by atoms with van der Waals surface area (Å²) in [5.74, 6) is 0.680. The predicted molar refractivity (Wildman–Crippen MR) is 42.0 cm³/mol. The van der Waals surface area contributed by atoms with Crippen LogP contribution in [0.5, 0.6) is 5.75 Å². The third-order valence-corrected chi connectivity index (χ3v) is 1.94. The Morgan fingerprint density at radius 3 is 2.17 bits per heavy atom. The fourth-order valence-electron chi connectivity index (χ4n) is 0.692. The van der Waals surface area contributed by atoms with Crippen molar-refractivity contribution in [2.45, 2.75) is 4.90 Å². The van der Waals surface area contributed by atoms with E-state index in [4.69, 9.17) is 9.29 Å². The molecule has 3 nitrogen and oxygen atoms in total. The number of benzene rings is 1. The van der Waals surface area contributed by atoms with E-state index in [-0.39, 0.29) is 51.4 Å². The molecule has 0 amide bonds. The van der Waals surface area contributed by atoms with Crippen LogP contribution in [0.25, 0.3) is 0 Å². The summed E-state index contributed by atoms with van der Waals surface area (Å²) in [5, 5.41) is 0. The van der Waals surface area contributed by atoms with Gasteiger partial charge in [-0.05, 0) is 24.3 Å². The molecule has 1 aromatic rings. The Bertz CT molecular complexity index is 260. The normalized spacial score (nSPS) is 11.5. The Hall–Kier alpha value is 0.766. The minimum Gasteiger partial charge on any atom is -0.497 e. The first-order valence-corrected chi connectivity index (χ1v) is 4.09. The molecular weight excluding hydrogens is 203 g/mol. The molecule has 1 atom stereocenters. The average Bonchev–Trinajstić information content (AvgIpc) is 2.05. The molecule has 0 heterocycles. The summed E-state index contributed by atoms with van der Waals surface area (Å²) in [7, 11) is 1.55. The topological polar surface area (TPSA) is 46.5 Å². The van der Waals surface area contributed by atoms with Crippen LogP contribution in [0.3, 0.4) is 0 Å². The molecule has 1 N–H and O–H groups in total. The molecule has 5 heteroatoms. The van der Waals surface area contributed by atoms with Crippen LogP contribution in [0.4, 0.5) is 0 Å². The average molecular weight is 211 g/mol. The molecule has 0 saturated heterocycles. The minimum atomic E-state index is -1.89. The standard InChI is InChI=1S/C7H8O3S.K/c1-10-6-2-4-7(5-3-6)11(8)9;/h2-5H,1H3,(H,8,9);/q;+1. The van der Waals surface area contributed by atoms with Crippen molar-refractivity contribution in [3.63, 3.8) is 0 Å². The fourth-order valence-corrected chi connectivity index (χ4v) is 1.06. The molecule has 0 aliphatic rings. The molecule has 0 radical (unpaired) electrons. The molecule has 0 fully saturated rings. The van der Waals surface area contributed by atoms with E-state index < -0.39 is 11.1 Å². The summed E-state index contributed by atoms with van der Waals surface area (Å²) in [6, 6.07) is 6.39. The molecule has 0 saturated carbocycles. The minimum absolute atomic E-state index is 0. The number of methoxy groups -OCH3 is 1. The van der Waals surface area contributed by atoms with Crippen LogP contribution >= 0.6 is 0 Å². The second-order valence-electron chi connectivity index (χ2n) is 1.92. The molecule has 1 aromatic carbocycles. The molecule has 1 unspecified atom stereocenters. The zero-order chi connectivity index (χ0) is 8.27. The van der Waals surface area contributed by atoms with Crippen molar-refractivity contribution in [2.75, 3.05) is 7.11 Å². The van der Waals surface area contributed by atoms with Crippen molar-refractivity contribution in [3.05, 3.63) is 24.3 Å². The van der Waals surface area contributed by atoms with Crippen molar-refractivity contribution in [3.8, 4) is 5.75 Å². The van der Waals surface area contributed by atoms with E-state index in [1.165, 1.54) is 0 Å². The van der Waals surface area contributed by atoms with Gasteiger partial charge in [-0.2, -0.15) is 0 Å². The second-order valence-corrected chi connectivity index (χ2v) is 2.89. The van der Waals surface area contributed by atoms with Gasteiger partial charge in [-0.15, -0.1) is 0 Å². The molecule has 12 heavy (non-hydrogen) atoms. The van der Waals surface area contributed by atoms with Crippen LogP contribution in [0.15, 0.2) is 29.2 Å². The third kappa shape index (κ3) is 3.65. The molecule has 1 rings (SSSR count). The molecular formula is C7H8KO3S+. The first-order chi connectivity index (χ1) is 5.24. The smallest absolute Gasteiger partial charge is 0.497 e. The van der Waals surface area contributed by atoms with Crippen LogP contribution in [-0.2, 0) is 11.1 Å². The van der Waals surface area contributed by atoms with E-state index in [2.05, 4.69) is 0 Å². The molecule has 0 aliphatic carbocycles. The summed E-state index contributed by atoms with van der Waals surface area (Å²) in [4.78, 5) is 0.380. The van der Waals surface area contributed by atoms with E-state index in [0.29, 0.717) is 10.6 Å². The van der Waals surface area contributed by atoms with E-state index in [1.807, 2.05) is 0 Å². The Labute approximate surface area is 116 Å². The Balaban J connectivity index is 0.00000121. The summed E-state index contributed by atoms with van der Waals surface area (Å²) in [5.41, 5.74) is 0. The number of ether oxygens (including phenoxy) is 1. The maximum absolute atomic E-state index is 10.5. The first-order valence-electron chi connectivity index (χ1n) is 2.99. The van der Waals surface area contributed by atoms with Gasteiger partial charge in [0.1, 0.15) is 5.75 Å². The SMILES string of the molecule is COc1ccc(S(=O)O)cc1.[K+]. The number of hydrogen-bond donors (Lipinski definition) is 1. The van der Waals surface area contributed by atoms with Gasteiger partial charge in [-0.1, -0.05) is 0 Å². The van der Waals surface area contributed by atoms with Crippen molar-refractivity contribution in [1.82, 2.24) is 0 Å². The zero-order valence-electron chi connectivity index (χ0n) is 6.98. The van der Waals surface area contributed by atoms with Crippen LogP contribution in [0, 0.1) is 0 Å². The van der Waals surface area contributed by atoms with Gasteiger partial charge in [0.2, 0.25) is 0 Å². The molecule has 0 spiro atoms. The number of rotatable bonds is 2. The van der Waals surface area contributed by atoms with Crippen molar-refractivity contribution < 1.29 is 64.9 Å². The monoisotopic (exact) mass is 211 g/mol. The van der Waals surface area contributed by atoms with Crippen molar-refractivity contribution in [1.29, 1.82) is 0 Å². The summed E-state index contributed by atoms with van der Waals surface area (Å²) in [6.45, 7) is 0. The van der Waals surface area contributed by atoms with Gasteiger partial charge in [0, 0.05) is 0 Å². The number of hydrogen-bond acceptors (Lipinski definition) is 2. The maximum Gasteiger partial charge on any atom is 1.00 e. The van der Waals surface area contributed by atoms with Crippen LogP contribution in [0.1, 0.15) is 0 Å². The first kappa shape index (κ1) is 12.8. The Morgan fingerprint density at radius 1 is 1.33 bits per heavy atom. The van der Waals surface area contributed by atoms with Gasteiger partial charge in [0.15, 0.2) is 11.1 Å². The molecule has 0 bridgehead atoms. The Kier molecular flexibility index (Phi) is 6.65. The Morgan fingerprint density at radius 2 is 1.83 bits per heavy atom. The zero-order valence-corrected chi connectivity index (χ0v) is 10.9. The molecule has 0 aromatic heterocycles. The quantitative estimate of drug-likeness (QED) is 0.467. The van der Waals surface area contributed by atoms with E-state index in [1.54, 1.807) is 31.4 Å². The van der Waals surface area contributed by atoms with E-state index in [9.17, 15) is 4.21 Å². The van der Waals surface area contributed by atoms with Gasteiger partial charge < -0.3 is 9.29 Å². The largest absolute Gasteiger partial charge is 1.00 e. The van der Waals surface area contributed by atoms with Gasteiger partial charge >= 0.3 is 51.4 Å². The van der Waals surface area contributed by atoms with Crippen molar-refractivity contribution in [2.24, 2.45) is 0 Å². The van der Waals surface area contributed by atoms with Gasteiger partial charge in [-0.3, -0.25) is 0 Å². The van der Waals surface area contributed by atoms with E-state index >= 15 is 0 Å². The van der Waals surface area contributed by atoms with E-state index in [0.717, 1.165) is 0 Å². The maximum atomic E-state index is 10.5. The third-order valence-electron chi connectivity index (χ3n) is 1.26. The molecule has 60 valence electrons. The summed E-state index contributed by atoms with van der Waals surface area (Å²) >= 11 is -1.89. The summed E-state index contributed by atoms with van der Waals surface area (Å²) < 4.78 is 24.0. The van der Waals surface area contributed by atoms with Crippen LogP contribution in [-0.4, -0.2) is 15.9 Å². The fraction of sp³-hybridized carbons (Fsp3) is 0.143. The van der Waals surface area contributed by atoms with Gasteiger partial charge in [0.05, 0.1) is 12.0 Å². The predicted octanol–water partition coefficient (Wildman–Crippen LogP) is -1.72. The van der Waals surface area contributed by atoms with Crippen molar-refractivity contribution >= 4 is 11.1 Å². The summed E-state index contributed by atoms with van der Waals surface area (Å²) in [6.07, 6.45) is 0. The molecule has 0 aliphatic heterocycles. The van der Waals surface area contributed by atoms with Crippen LogP contribution < -0.4 is 56.1 Å². The van der Waals surface area contributed by atoms with Gasteiger partial charge in [-0.25, -0.2) is 4.21 Å². The van der Waals surface area contributed by atoms with Gasteiger partial charge in [0.25, 0.3) is 0 Å². The second kappa shape index (κ2) is 6.26. The van der Waals surface area contributed by atoms with Crippen LogP contribution in [0.2, 0.25) is 0 Å².